The predicted molar refractivity (Wildman–Crippen MR) is 115 cm³/mol. The van der Waals surface area contributed by atoms with Gasteiger partial charge >= 0.3 is 11.9 Å². The Bertz CT molecular complexity index is 1370. The first kappa shape index (κ1) is 23.9. The summed E-state index contributed by atoms with van der Waals surface area (Å²) in [6.45, 7) is -0.318. The number of benzene rings is 2. The number of nitro benzene ring substituents is 1. The molecule has 2 amide bonds. The zero-order valence-electron chi connectivity index (χ0n) is 17.8. The zero-order chi connectivity index (χ0) is 25.3. The van der Waals surface area contributed by atoms with Crippen molar-refractivity contribution < 1.29 is 36.8 Å². The van der Waals surface area contributed by atoms with Crippen LogP contribution in [0, 0.1) is 10.1 Å². The van der Waals surface area contributed by atoms with Crippen LogP contribution in [0.1, 0.15) is 18.4 Å². The van der Waals surface area contributed by atoms with E-state index in [1.165, 1.54) is 12.1 Å². The van der Waals surface area contributed by atoms with Crippen LogP contribution in [0.3, 0.4) is 0 Å². The lowest BCUT2D eigenvalue weighted by Gasteiger charge is -2.17. The summed E-state index contributed by atoms with van der Waals surface area (Å²) in [6, 6.07) is 6.13. The minimum Gasteiger partial charge on any atom is -0.407 e. The van der Waals surface area contributed by atoms with E-state index in [-0.39, 0.29) is 22.5 Å². The second-order valence-corrected chi connectivity index (χ2v) is 7.66. The molecule has 1 saturated heterocycles. The van der Waals surface area contributed by atoms with Gasteiger partial charge in [0.1, 0.15) is 12.6 Å². The summed E-state index contributed by atoms with van der Waals surface area (Å²) in [4.78, 5) is 46.9. The number of alkyl halides is 3. The van der Waals surface area contributed by atoms with Gasteiger partial charge < -0.3 is 19.8 Å². The van der Waals surface area contributed by atoms with E-state index >= 15 is 0 Å². The summed E-state index contributed by atoms with van der Waals surface area (Å²) in [6.07, 6.45) is -4.48. The number of amides is 2. The molecule has 0 radical (unpaired) electrons. The van der Waals surface area contributed by atoms with E-state index in [4.69, 9.17) is 9.15 Å². The van der Waals surface area contributed by atoms with Crippen LogP contribution in [0.15, 0.2) is 45.6 Å². The van der Waals surface area contributed by atoms with E-state index in [9.17, 15) is 37.7 Å². The van der Waals surface area contributed by atoms with Gasteiger partial charge in [0.15, 0.2) is 5.58 Å². The number of hydrogen-bond donors (Lipinski definition) is 2. The Balaban J connectivity index is 1.54. The number of anilines is 2. The highest BCUT2D eigenvalue weighted by Crippen LogP contribution is 2.37. The van der Waals surface area contributed by atoms with Crippen LogP contribution < -0.4 is 16.4 Å². The molecule has 14 heteroatoms. The van der Waals surface area contributed by atoms with E-state index in [0.29, 0.717) is 25.5 Å². The maximum Gasteiger partial charge on any atom is 0.420 e. The van der Waals surface area contributed by atoms with Crippen LogP contribution in [0.5, 0.6) is 0 Å². The van der Waals surface area contributed by atoms with Gasteiger partial charge in [-0.2, -0.15) is 13.2 Å². The Morgan fingerprint density at radius 3 is 2.60 bits per heavy atom. The highest BCUT2D eigenvalue weighted by Gasteiger charge is 2.35. The maximum absolute atomic E-state index is 13.7. The third-order valence-electron chi connectivity index (χ3n) is 5.25. The second-order valence-electron chi connectivity index (χ2n) is 7.66. The van der Waals surface area contributed by atoms with Crippen molar-refractivity contribution in [2.24, 2.45) is 0 Å². The van der Waals surface area contributed by atoms with Crippen molar-refractivity contribution in [1.82, 2.24) is 4.57 Å². The number of nitrogens with one attached hydrogen (secondary N) is 2. The average Bonchev–Trinajstić information content (AvgIpc) is 3.42. The number of fused-ring (bicyclic) bond motifs is 1. The lowest BCUT2D eigenvalue weighted by Crippen LogP contribution is -2.27. The number of carbonyl (C=O) groups excluding carboxylic acids is 2. The van der Waals surface area contributed by atoms with Crippen molar-refractivity contribution in [2.45, 2.75) is 31.7 Å². The molecule has 1 unspecified atom stereocenters. The second kappa shape index (κ2) is 9.21. The molecular formula is C21H17F3N4O7. The molecule has 1 aromatic heterocycles. The minimum atomic E-state index is -4.87. The van der Waals surface area contributed by atoms with Crippen molar-refractivity contribution in [1.29, 1.82) is 0 Å². The SMILES string of the molecule is O=C(Cn1c(=O)oc2cc([N+](=O)[O-])ccc21)Nc1ccc(NC(=O)C2CCCO2)cc1C(F)(F)F. The number of oxazole rings is 1. The molecule has 1 aliphatic heterocycles. The normalized spacial score (nSPS) is 15.8. The Labute approximate surface area is 193 Å². The highest BCUT2D eigenvalue weighted by atomic mass is 19.4. The van der Waals surface area contributed by atoms with Gasteiger partial charge in [-0.25, -0.2) is 4.79 Å². The molecule has 0 saturated carbocycles. The standard InChI is InChI=1S/C21H17F3N4O7/c22-21(23,24)13-8-11(25-19(30)16-2-1-7-34-16)3-5-14(13)26-18(29)10-27-15-6-4-12(28(32)33)9-17(15)35-20(27)31/h3-6,8-9,16H,1-2,7,10H2,(H,25,30)(H,26,29). The molecule has 0 spiro atoms. The average molecular weight is 494 g/mol. The van der Waals surface area contributed by atoms with E-state index in [1.54, 1.807) is 0 Å². The summed E-state index contributed by atoms with van der Waals surface area (Å²) < 4.78 is 51.9. The van der Waals surface area contributed by atoms with Crippen LogP contribution >= 0.6 is 0 Å². The van der Waals surface area contributed by atoms with Crippen molar-refractivity contribution in [3.05, 3.63) is 62.6 Å². The van der Waals surface area contributed by atoms with Gasteiger partial charge in [0.05, 0.1) is 27.8 Å². The number of ether oxygens (including phenoxy) is 1. The van der Waals surface area contributed by atoms with Crippen LogP contribution in [0.2, 0.25) is 0 Å². The van der Waals surface area contributed by atoms with Gasteiger partial charge in [-0.1, -0.05) is 0 Å². The summed E-state index contributed by atoms with van der Waals surface area (Å²) in [5.41, 5.74) is -2.37. The molecular weight excluding hydrogens is 477 g/mol. The Morgan fingerprint density at radius 1 is 1.17 bits per heavy atom. The van der Waals surface area contributed by atoms with Gasteiger partial charge in [0.2, 0.25) is 5.91 Å². The lowest BCUT2D eigenvalue weighted by molar-refractivity contribution is -0.384. The first-order valence-corrected chi connectivity index (χ1v) is 10.2. The van der Waals surface area contributed by atoms with Crippen molar-refractivity contribution in [3.63, 3.8) is 0 Å². The number of non-ortho nitro benzene ring substituents is 1. The zero-order valence-corrected chi connectivity index (χ0v) is 17.8. The van der Waals surface area contributed by atoms with Crippen LogP contribution in [0.4, 0.5) is 30.2 Å². The molecule has 0 bridgehead atoms. The van der Waals surface area contributed by atoms with Gasteiger partial charge in [0.25, 0.3) is 11.6 Å². The molecule has 184 valence electrons. The number of halogens is 3. The van der Waals surface area contributed by atoms with Gasteiger partial charge in [-0.3, -0.25) is 24.3 Å². The van der Waals surface area contributed by atoms with Gasteiger partial charge in [-0.15, -0.1) is 0 Å². The molecule has 4 rings (SSSR count). The Morgan fingerprint density at radius 2 is 1.94 bits per heavy atom. The van der Waals surface area contributed by atoms with Crippen LogP contribution in [-0.2, 0) is 27.0 Å². The molecule has 1 aliphatic rings. The fraction of sp³-hybridized carbons (Fsp3) is 0.286. The Hall–Kier alpha value is -4.20. The van der Waals surface area contributed by atoms with E-state index in [2.05, 4.69) is 10.6 Å². The third kappa shape index (κ3) is 5.16. The molecule has 1 atom stereocenters. The number of carbonyl (C=O) groups is 2. The molecule has 11 nitrogen and oxygen atoms in total. The fourth-order valence-electron chi connectivity index (χ4n) is 3.62. The molecule has 35 heavy (non-hydrogen) atoms. The molecule has 1 fully saturated rings. The number of rotatable bonds is 6. The van der Waals surface area contributed by atoms with E-state index < -0.39 is 52.6 Å². The quantitative estimate of drug-likeness (QED) is 0.395. The largest absolute Gasteiger partial charge is 0.420 e. The van der Waals surface area contributed by atoms with Crippen LogP contribution in [-0.4, -0.2) is 34.0 Å². The number of nitrogens with zero attached hydrogens (tertiary/aromatic N) is 2. The number of hydrogen-bond acceptors (Lipinski definition) is 7. The molecule has 3 aromatic rings. The summed E-state index contributed by atoms with van der Waals surface area (Å²) >= 11 is 0. The lowest BCUT2D eigenvalue weighted by atomic mass is 10.1. The summed E-state index contributed by atoms with van der Waals surface area (Å²) in [5, 5.41) is 15.4. The van der Waals surface area contributed by atoms with Gasteiger partial charge in [-0.05, 0) is 37.1 Å². The number of nitro groups is 1. The van der Waals surface area contributed by atoms with Crippen molar-refractivity contribution in [3.8, 4) is 0 Å². The van der Waals surface area contributed by atoms with Crippen molar-refractivity contribution in [2.75, 3.05) is 17.2 Å². The van der Waals surface area contributed by atoms with E-state index in [1.807, 2.05) is 0 Å². The molecule has 2 aromatic carbocycles. The number of aromatic nitrogens is 1. The minimum absolute atomic E-state index is 0.0546. The predicted octanol–water partition coefficient (Wildman–Crippen LogP) is 3.28. The summed E-state index contributed by atoms with van der Waals surface area (Å²) in [7, 11) is 0. The van der Waals surface area contributed by atoms with Gasteiger partial charge in [0, 0.05) is 18.4 Å². The van der Waals surface area contributed by atoms with E-state index in [0.717, 1.165) is 22.8 Å². The monoisotopic (exact) mass is 494 g/mol. The van der Waals surface area contributed by atoms with Crippen molar-refractivity contribution >= 4 is 40.0 Å². The highest BCUT2D eigenvalue weighted by molar-refractivity contribution is 5.96. The van der Waals surface area contributed by atoms with Crippen LogP contribution in [0.25, 0.3) is 11.1 Å². The summed E-state index contributed by atoms with van der Waals surface area (Å²) in [5.74, 6) is -2.56. The topological polar surface area (TPSA) is 146 Å². The molecule has 2 N–H and O–H groups in total. The smallest absolute Gasteiger partial charge is 0.407 e. The first-order valence-electron chi connectivity index (χ1n) is 10.2. The third-order valence-corrected chi connectivity index (χ3v) is 5.25. The molecule has 0 aliphatic carbocycles. The Kier molecular flexibility index (Phi) is 6.30. The molecule has 2 heterocycles. The first-order chi connectivity index (χ1) is 16.5. The maximum atomic E-state index is 13.7. The fourth-order valence-corrected chi connectivity index (χ4v) is 3.62.